The van der Waals surface area contributed by atoms with Gasteiger partial charge in [-0.2, -0.15) is 0 Å². The third-order valence-corrected chi connectivity index (χ3v) is 4.37. The zero-order valence-electron chi connectivity index (χ0n) is 12.7. The molecule has 21 heavy (non-hydrogen) atoms. The maximum Gasteiger partial charge on any atom is 0.261 e. The molecule has 0 radical (unpaired) electrons. The SMILES string of the molecule is Cc1cc(C)c(CNC(=O)c2sccc2C(C)C)c(=O)[nH]1. The molecule has 0 aliphatic carbocycles. The molecule has 0 unspecified atom stereocenters. The summed E-state index contributed by atoms with van der Waals surface area (Å²) in [7, 11) is 0. The number of aromatic amines is 1. The molecule has 1 amide bonds. The average molecular weight is 304 g/mol. The lowest BCUT2D eigenvalue weighted by Gasteiger charge is -2.10. The van der Waals surface area contributed by atoms with Gasteiger partial charge in [0, 0.05) is 17.8 Å². The lowest BCUT2D eigenvalue weighted by Crippen LogP contribution is -2.28. The molecule has 4 nitrogen and oxygen atoms in total. The fraction of sp³-hybridized carbons (Fsp3) is 0.375. The van der Waals surface area contributed by atoms with Crippen molar-refractivity contribution in [2.24, 2.45) is 0 Å². The number of hydrogen-bond donors (Lipinski definition) is 2. The van der Waals surface area contributed by atoms with Crippen molar-refractivity contribution in [1.82, 2.24) is 10.3 Å². The van der Waals surface area contributed by atoms with Crippen molar-refractivity contribution in [2.75, 3.05) is 0 Å². The first-order valence-electron chi connectivity index (χ1n) is 6.95. The molecule has 0 atom stereocenters. The fourth-order valence-corrected chi connectivity index (χ4v) is 3.28. The number of carbonyl (C=O) groups excluding carboxylic acids is 1. The molecule has 2 N–H and O–H groups in total. The summed E-state index contributed by atoms with van der Waals surface area (Å²) < 4.78 is 0. The number of nitrogens with one attached hydrogen (secondary N) is 2. The molecule has 0 spiro atoms. The van der Waals surface area contributed by atoms with Crippen LogP contribution in [0.1, 0.15) is 51.8 Å². The van der Waals surface area contributed by atoms with E-state index < -0.39 is 0 Å². The van der Waals surface area contributed by atoms with E-state index in [2.05, 4.69) is 24.1 Å². The number of carbonyl (C=O) groups is 1. The smallest absolute Gasteiger partial charge is 0.261 e. The Hall–Kier alpha value is -1.88. The van der Waals surface area contributed by atoms with Crippen molar-refractivity contribution in [2.45, 2.75) is 40.2 Å². The number of aryl methyl sites for hydroxylation is 2. The summed E-state index contributed by atoms with van der Waals surface area (Å²) in [5, 5.41) is 4.77. The van der Waals surface area contributed by atoms with E-state index in [0.717, 1.165) is 21.7 Å². The Kier molecular flexibility index (Phi) is 4.63. The Morgan fingerprint density at radius 3 is 2.71 bits per heavy atom. The van der Waals surface area contributed by atoms with Crippen molar-refractivity contribution in [3.63, 3.8) is 0 Å². The summed E-state index contributed by atoms with van der Waals surface area (Å²) in [6.07, 6.45) is 0. The van der Waals surface area contributed by atoms with E-state index in [9.17, 15) is 9.59 Å². The topological polar surface area (TPSA) is 62.0 Å². The molecule has 0 bridgehead atoms. The van der Waals surface area contributed by atoms with Crippen LogP contribution in [-0.4, -0.2) is 10.9 Å². The van der Waals surface area contributed by atoms with Gasteiger partial charge in [-0.1, -0.05) is 13.8 Å². The van der Waals surface area contributed by atoms with Crippen LogP contribution in [0, 0.1) is 13.8 Å². The van der Waals surface area contributed by atoms with Crippen molar-refractivity contribution in [3.05, 3.63) is 55.1 Å². The second-order valence-corrected chi connectivity index (χ2v) is 6.40. The van der Waals surface area contributed by atoms with E-state index in [0.29, 0.717) is 11.5 Å². The van der Waals surface area contributed by atoms with Crippen LogP contribution < -0.4 is 10.9 Å². The Labute approximate surface area is 128 Å². The van der Waals surface area contributed by atoms with Crippen molar-refractivity contribution >= 4 is 17.2 Å². The number of amides is 1. The van der Waals surface area contributed by atoms with Crippen LogP contribution in [0.2, 0.25) is 0 Å². The minimum atomic E-state index is -0.136. The molecule has 2 aromatic rings. The summed E-state index contributed by atoms with van der Waals surface area (Å²) in [6, 6.07) is 3.89. The largest absolute Gasteiger partial charge is 0.347 e. The van der Waals surface area contributed by atoms with Gasteiger partial charge in [0.2, 0.25) is 0 Å². The molecule has 2 aromatic heterocycles. The van der Waals surface area contributed by atoms with Crippen LogP contribution in [0.5, 0.6) is 0 Å². The quantitative estimate of drug-likeness (QED) is 0.911. The van der Waals surface area contributed by atoms with Gasteiger partial charge in [0.1, 0.15) is 0 Å². The third kappa shape index (κ3) is 3.42. The van der Waals surface area contributed by atoms with E-state index >= 15 is 0 Å². The molecule has 0 fully saturated rings. The molecule has 0 aliphatic rings. The van der Waals surface area contributed by atoms with Crippen LogP contribution in [0.25, 0.3) is 0 Å². The minimum Gasteiger partial charge on any atom is -0.347 e. The number of H-pyrrole nitrogens is 1. The first-order valence-corrected chi connectivity index (χ1v) is 7.83. The van der Waals surface area contributed by atoms with Gasteiger partial charge in [0.25, 0.3) is 11.5 Å². The first kappa shape index (κ1) is 15.5. The number of pyridine rings is 1. The molecule has 2 rings (SSSR count). The predicted octanol–water partition coefficient (Wildman–Crippen LogP) is 3.11. The van der Waals surface area contributed by atoms with Crippen molar-refractivity contribution in [1.29, 1.82) is 0 Å². The van der Waals surface area contributed by atoms with Gasteiger partial charge in [0.15, 0.2) is 0 Å². The fourth-order valence-electron chi connectivity index (χ4n) is 2.31. The van der Waals surface area contributed by atoms with Crippen LogP contribution in [0.4, 0.5) is 0 Å². The molecule has 2 heterocycles. The van der Waals surface area contributed by atoms with Crippen LogP contribution in [-0.2, 0) is 6.54 Å². The monoisotopic (exact) mass is 304 g/mol. The van der Waals surface area contributed by atoms with Crippen molar-refractivity contribution in [3.8, 4) is 0 Å². The molecular formula is C16H20N2O2S. The molecule has 0 aromatic carbocycles. The molecular weight excluding hydrogens is 284 g/mol. The molecule has 5 heteroatoms. The van der Waals surface area contributed by atoms with Crippen LogP contribution >= 0.6 is 11.3 Å². The average Bonchev–Trinajstić information content (AvgIpc) is 2.86. The van der Waals surface area contributed by atoms with Gasteiger partial charge in [-0.3, -0.25) is 9.59 Å². The predicted molar refractivity (Wildman–Crippen MR) is 86.1 cm³/mol. The van der Waals surface area contributed by atoms with Gasteiger partial charge < -0.3 is 10.3 Å². The summed E-state index contributed by atoms with van der Waals surface area (Å²) >= 11 is 1.43. The maximum atomic E-state index is 12.3. The van der Waals surface area contributed by atoms with Crippen LogP contribution in [0.15, 0.2) is 22.3 Å². The number of rotatable bonds is 4. The maximum absolute atomic E-state index is 12.3. The summed E-state index contributed by atoms with van der Waals surface area (Å²) in [5.41, 5.74) is 3.24. The normalized spacial score (nSPS) is 10.9. The lowest BCUT2D eigenvalue weighted by molar-refractivity contribution is 0.0953. The zero-order valence-corrected chi connectivity index (χ0v) is 13.6. The van der Waals surface area contributed by atoms with Gasteiger partial charge in [-0.15, -0.1) is 11.3 Å². The lowest BCUT2D eigenvalue weighted by atomic mass is 10.0. The minimum absolute atomic E-state index is 0.118. The summed E-state index contributed by atoms with van der Waals surface area (Å²) in [4.78, 5) is 27.7. The second-order valence-electron chi connectivity index (χ2n) is 5.49. The highest BCUT2D eigenvalue weighted by Gasteiger charge is 2.16. The molecule has 0 aliphatic heterocycles. The van der Waals surface area contributed by atoms with Gasteiger partial charge in [0.05, 0.1) is 4.88 Å². The first-order chi connectivity index (χ1) is 9.90. The van der Waals surface area contributed by atoms with E-state index in [1.54, 1.807) is 0 Å². The standard InChI is InChI=1S/C16H20N2O2S/c1-9(2)12-5-6-21-14(12)16(20)17-8-13-10(3)7-11(4)18-15(13)19/h5-7,9H,8H2,1-4H3,(H,17,20)(H,18,19). The number of hydrogen-bond acceptors (Lipinski definition) is 3. The highest BCUT2D eigenvalue weighted by atomic mass is 32.1. The highest BCUT2D eigenvalue weighted by Crippen LogP contribution is 2.24. The van der Waals surface area contributed by atoms with Crippen LogP contribution in [0.3, 0.4) is 0 Å². The van der Waals surface area contributed by atoms with Crippen molar-refractivity contribution < 1.29 is 4.79 Å². The Bertz CT molecular complexity index is 713. The summed E-state index contributed by atoms with van der Waals surface area (Å²) in [5.74, 6) is 0.189. The van der Waals surface area contributed by atoms with Gasteiger partial charge in [-0.25, -0.2) is 0 Å². The Morgan fingerprint density at radius 1 is 1.38 bits per heavy atom. The zero-order chi connectivity index (χ0) is 15.6. The molecule has 0 saturated carbocycles. The van der Waals surface area contributed by atoms with E-state index in [1.807, 2.05) is 31.4 Å². The van der Waals surface area contributed by atoms with E-state index in [-0.39, 0.29) is 18.0 Å². The van der Waals surface area contributed by atoms with E-state index in [4.69, 9.17) is 0 Å². The summed E-state index contributed by atoms with van der Waals surface area (Å²) in [6.45, 7) is 8.10. The van der Waals surface area contributed by atoms with Gasteiger partial charge >= 0.3 is 0 Å². The van der Waals surface area contributed by atoms with E-state index in [1.165, 1.54) is 11.3 Å². The molecule has 112 valence electrons. The molecule has 0 saturated heterocycles. The third-order valence-electron chi connectivity index (χ3n) is 3.44. The number of aromatic nitrogens is 1. The Morgan fingerprint density at radius 2 is 2.10 bits per heavy atom. The highest BCUT2D eigenvalue weighted by molar-refractivity contribution is 7.12. The van der Waals surface area contributed by atoms with Gasteiger partial charge in [-0.05, 0) is 48.4 Å². The second kappa shape index (κ2) is 6.26. The Balaban J connectivity index is 2.15. The number of thiophene rings is 1.